The van der Waals surface area contributed by atoms with Crippen molar-refractivity contribution in [1.82, 2.24) is 19.5 Å². The highest BCUT2D eigenvalue weighted by Crippen LogP contribution is 2.49. The lowest BCUT2D eigenvalue weighted by molar-refractivity contribution is 1.05. The topological polar surface area (TPSA) is 46.8 Å². The molecule has 11 rings (SSSR count). The average Bonchev–Trinajstić information content (AvgIpc) is 3.73. The summed E-state index contributed by atoms with van der Waals surface area (Å²) < 4.78 is 4.62. The predicted octanol–water partition coefficient (Wildman–Crippen LogP) is 12.1. The number of hydrogen-bond donors (Lipinski definition) is 0. The molecule has 0 saturated heterocycles. The Labute approximate surface area is 297 Å². The number of fused-ring (bicyclic) bond motifs is 11. The van der Waals surface area contributed by atoms with Gasteiger partial charge in [0.2, 0.25) is 5.95 Å². The van der Waals surface area contributed by atoms with E-state index in [1.807, 2.05) is 6.07 Å². The maximum atomic E-state index is 5.33. The van der Waals surface area contributed by atoms with Gasteiger partial charge in [-0.2, -0.15) is 0 Å². The molecule has 0 fully saturated rings. The Morgan fingerprint density at radius 1 is 0.510 bits per heavy atom. The molecule has 3 aromatic heterocycles. The minimum absolute atomic E-state index is 0.693. The summed E-state index contributed by atoms with van der Waals surface area (Å²) in [6, 6.07) is 57.8. The number of aromatic nitrogens is 4. The van der Waals surface area contributed by atoms with Gasteiger partial charge in [-0.1, -0.05) is 115 Å². The number of thiophene rings is 1. The first-order valence-electron chi connectivity index (χ1n) is 17.0. The van der Waals surface area contributed by atoms with Crippen LogP contribution in [0.1, 0.15) is 0 Å². The Morgan fingerprint density at radius 3 is 2.18 bits per heavy atom. The van der Waals surface area contributed by atoms with Crippen molar-refractivity contribution in [1.29, 1.82) is 0 Å². The van der Waals surface area contributed by atoms with Crippen molar-refractivity contribution < 1.29 is 0 Å². The number of rotatable bonds is 3. The van der Waals surface area contributed by atoms with Crippen LogP contribution in [-0.2, 0) is 0 Å². The van der Waals surface area contributed by atoms with Crippen LogP contribution in [-0.4, -0.2) is 19.5 Å². The molecule has 6 heteroatoms. The van der Waals surface area contributed by atoms with Gasteiger partial charge in [0.15, 0.2) is 5.82 Å². The molecular weight excluding hydrogens is 643 g/mol. The zero-order valence-electron chi connectivity index (χ0n) is 27.2. The van der Waals surface area contributed by atoms with Crippen molar-refractivity contribution in [2.75, 3.05) is 4.90 Å². The van der Waals surface area contributed by atoms with Gasteiger partial charge in [0.1, 0.15) is 0 Å². The van der Waals surface area contributed by atoms with E-state index in [2.05, 4.69) is 167 Å². The lowest BCUT2D eigenvalue weighted by Crippen LogP contribution is -2.14. The molecule has 7 aromatic carbocycles. The van der Waals surface area contributed by atoms with Gasteiger partial charge in [0.25, 0.3) is 0 Å². The van der Waals surface area contributed by atoms with E-state index >= 15 is 0 Å². The molecule has 5 nitrogen and oxygen atoms in total. The van der Waals surface area contributed by atoms with Crippen LogP contribution >= 0.6 is 11.3 Å². The van der Waals surface area contributed by atoms with E-state index in [9.17, 15) is 0 Å². The lowest BCUT2D eigenvalue weighted by Gasteiger charge is -2.25. The molecule has 0 amide bonds. The van der Waals surface area contributed by atoms with Crippen LogP contribution in [0.4, 0.5) is 17.3 Å². The van der Waals surface area contributed by atoms with Gasteiger partial charge in [-0.15, -0.1) is 11.3 Å². The monoisotopic (exact) mass is 669 g/mol. The van der Waals surface area contributed by atoms with Crippen LogP contribution in [0, 0.1) is 0 Å². The summed E-state index contributed by atoms with van der Waals surface area (Å²) in [5, 5.41) is 3.54. The molecule has 0 N–H and O–H groups in total. The zero-order chi connectivity index (χ0) is 33.5. The fraction of sp³-hybridized carbons (Fsp3) is 0. The number of para-hydroxylation sites is 3. The van der Waals surface area contributed by atoms with Crippen LogP contribution in [0.5, 0.6) is 0 Å². The summed E-state index contributed by atoms with van der Waals surface area (Å²) in [7, 11) is 0. The summed E-state index contributed by atoms with van der Waals surface area (Å²) in [5.74, 6) is 1.53. The van der Waals surface area contributed by atoms with Crippen molar-refractivity contribution in [2.45, 2.75) is 0 Å². The minimum atomic E-state index is 0.693. The van der Waals surface area contributed by atoms with Gasteiger partial charge in [0.05, 0.1) is 38.3 Å². The van der Waals surface area contributed by atoms with Crippen molar-refractivity contribution in [2.24, 2.45) is 0 Å². The van der Waals surface area contributed by atoms with E-state index in [1.54, 1.807) is 11.3 Å². The Kier molecular flexibility index (Phi) is 6.05. The molecule has 0 unspecified atom stereocenters. The highest BCUT2D eigenvalue weighted by molar-refractivity contribution is 7.26. The Morgan fingerprint density at radius 2 is 1.25 bits per heavy atom. The molecule has 51 heavy (non-hydrogen) atoms. The summed E-state index contributed by atoms with van der Waals surface area (Å²) >= 11 is 1.75. The van der Waals surface area contributed by atoms with Crippen molar-refractivity contribution in [3.05, 3.63) is 164 Å². The fourth-order valence-corrected chi connectivity index (χ4v) is 8.74. The highest BCUT2D eigenvalue weighted by Gasteiger charge is 2.30. The normalized spacial score (nSPS) is 12.3. The maximum Gasteiger partial charge on any atom is 0.220 e. The van der Waals surface area contributed by atoms with Gasteiger partial charge >= 0.3 is 0 Å². The molecule has 0 radical (unpaired) electrons. The first-order valence-corrected chi connectivity index (χ1v) is 17.9. The fourth-order valence-electron chi connectivity index (χ4n) is 7.58. The minimum Gasteiger partial charge on any atom is -0.280 e. The van der Waals surface area contributed by atoms with E-state index in [4.69, 9.17) is 15.0 Å². The molecule has 1 aliphatic rings. The quantitative estimate of drug-likeness (QED) is 0.188. The van der Waals surface area contributed by atoms with Crippen LogP contribution < -0.4 is 4.90 Å². The van der Waals surface area contributed by atoms with Crippen LogP contribution in [0.25, 0.3) is 81.6 Å². The smallest absolute Gasteiger partial charge is 0.220 e. The second-order valence-corrected chi connectivity index (χ2v) is 13.9. The Balaban J connectivity index is 1.17. The van der Waals surface area contributed by atoms with Gasteiger partial charge in [0, 0.05) is 38.0 Å². The van der Waals surface area contributed by atoms with Crippen molar-refractivity contribution >= 4 is 70.8 Å². The van der Waals surface area contributed by atoms with Crippen LogP contribution in [0.2, 0.25) is 0 Å². The van der Waals surface area contributed by atoms with E-state index in [-0.39, 0.29) is 0 Å². The zero-order valence-corrected chi connectivity index (χ0v) is 28.0. The number of anilines is 3. The van der Waals surface area contributed by atoms with Crippen molar-refractivity contribution in [3.8, 4) is 39.5 Å². The molecule has 0 atom stereocenters. The number of hydrogen-bond acceptors (Lipinski definition) is 5. The van der Waals surface area contributed by atoms with Crippen molar-refractivity contribution in [3.63, 3.8) is 0 Å². The molecule has 0 spiro atoms. The van der Waals surface area contributed by atoms with E-state index < -0.39 is 0 Å². The molecular formula is C45H27N5S. The van der Waals surface area contributed by atoms with Gasteiger partial charge in [-0.25, -0.2) is 15.0 Å². The Bertz CT molecular complexity index is 3000. The molecule has 0 saturated carbocycles. The largest absolute Gasteiger partial charge is 0.280 e. The maximum absolute atomic E-state index is 5.33. The van der Waals surface area contributed by atoms with Gasteiger partial charge in [-0.05, 0) is 59.3 Å². The summed E-state index contributed by atoms with van der Waals surface area (Å²) in [4.78, 5) is 18.2. The SMILES string of the molecule is c1ccc(-c2nc(-c3cccc(N4c5ccccc5-c5cc6ccccc6cc5-n5c4nc4ccccc45)c3)nc3c2sc2ccccc23)cc1. The van der Waals surface area contributed by atoms with Gasteiger partial charge in [-0.3, -0.25) is 9.47 Å². The van der Waals surface area contributed by atoms with Gasteiger partial charge < -0.3 is 0 Å². The van der Waals surface area contributed by atoms with Crippen LogP contribution in [0.15, 0.2) is 164 Å². The highest BCUT2D eigenvalue weighted by atomic mass is 32.1. The second-order valence-electron chi connectivity index (χ2n) is 12.9. The Hall–Kier alpha value is -6.63. The third-order valence-electron chi connectivity index (χ3n) is 9.91. The molecule has 4 heterocycles. The predicted molar refractivity (Wildman–Crippen MR) is 212 cm³/mol. The summed E-state index contributed by atoms with van der Waals surface area (Å²) in [6.07, 6.45) is 0. The van der Waals surface area contributed by atoms with E-state index in [0.29, 0.717) is 5.82 Å². The molecule has 0 aliphatic carbocycles. The number of imidazole rings is 1. The average molecular weight is 670 g/mol. The van der Waals surface area contributed by atoms with Crippen LogP contribution in [0.3, 0.4) is 0 Å². The lowest BCUT2D eigenvalue weighted by atomic mass is 9.97. The standard InChI is InChI=1S/C45H27N5S/c1-2-13-28(14-3-1)41-43-42(34-20-7-11-24-40(34)51-43)48-44(47-41)31-17-12-18-32(25-31)49-37-22-9-6-19-33(37)35-26-29-15-4-5-16-30(29)27-39(35)50-38-23-10-8-21-36(38)46-45(49)50/h1-27H. The molecule has 1 aliphatic heterocycles. The summed E-state index contributed by atoms with van der Waals surface area (Å²) in [5.41, 5.74) is 11.4. The second kappa shape index (κ2) is 10.9. The molecule has 10 aromatic rings. The third kappa shape index (κ3) is 4.30. The molecule has 238 valence electrons. The first kappa shape index (κ1) is 28.2. The number of nitrogens with zero attached hydrogens (tertiary/aromatic N) is 5. The molecule has 0 bridgehead atoms. The van der Waals surface area contributed by atoms with E-state index in [1.165, 1.54) is 15.5 Å². The number of benzene rings is 7. The third-order valence-corrected chi connectivity index (χ3v) is 11.1. The van der Waals surface area contributed by atoms with E-state index in [0.717, 1.165) is 77.6 Å². The summed E-state index contributed by atoms with van der Waals surface area (Å²) in [6.45, 7) is 0. The first-order chi connectivity index (χ1) is 25.3.